The molecule has 0 radical (unpaired) electrons. The van der Waals surface area contributed by atoms with E-state index in [2.05, 4.69) is 36.0 Å². The molecule has 2 aromatic heterocycles. The fourth-order valence-corrected chi connectivity index (χ4v) is 2.96. The van der Waals surface area contributed by atoms with Gasteiger partial charge in [0.1, 0.15) is 5.82 Å². The minimum Gasteiger partial charge on any atom is -0.355 e. The molecule has 0 saturated carbocycles. The van der Waals surface area contributed by atoms with E-state index in [0.717, 1.165) is 60.8 Å². The number of rotatable bonds is 2. The normalized spacial score (nSPS) is 19.0. The predicted octanol–water partition coefficient (Wildman–Crippen LogP) is 2.65. The third-order valence-corrected chi connectivity index (χ3v) is 4.38. The van der Waals surface area contributed by atoms with Crippen molar-refractivity contribution in [1.29, 1.82) is 5.26 Å². The van der Waals surface area contributed by atoms with E-state index in [1.165, 1.54) is 0 Å². The summed E-state index contributed by atoms with van der Waals surface area (Å²) in [4.78, 5) is 7.01. The van der Waals surface area contributed by atoms with E-state index in [9.17, 15) is 5.26 Å². The average Bonchev–Trinajstić information content (AvgIpc) is 2.81. The van der Waals surface area contributed by atoms with Gasteiger partial charge in [0.15, 0.2) is 5.65 Å². The highest BCUT2D eigenvalue weighted by atomic mass is 15.4. The first kappa shape index (κ1) is 13.9. The maximum absolute atomic E-state index is 9.21. The first-order valence-electron chi connectivity index (χ1n) is 7.64. The summed E-state index contributed by atoms with van der Waals surface area (Å²) in [6.45, 7) is 7.99. The van der Waals surface area contributed by atoms with E-state index in [4.69, 9.17) is 4.98 Å². The molecule has 0 aliphatic carbocycles. The van der Waals surface area contributed by atoms with Gasteiger partial charge in [0.05, 0.1) is 17.7 Å². The Morgan fingerprint density at radius 1 is 1.43 bits per heavy atom. The molecule has 2 aromatic rings. The van der Waals surface area contributed by atoms with Gasteiger partial charge in [-0.15, -0.1) is 0 Å². The van der Waals surface area contributed by atoms with Crippen molar-refractivity contribution in [2.45, 2.75) is 40.0 Å². The zero-order valence-corrected chi connectivity index (χ0v) is 12.9. The zero-order chi connectivity index (χ0) is 15.0. The van der Waals surface area contributed by atoms with Gasteiger partial charge in [0.2, 0.25) is 0 Å². The predicted molar refractivity (Wildman–Crippen MR) is 82.4 cm³/mol. The largest absolute Gasteiger partial charge is 0.355 e. The molecular weight excluding hydrogens is 262 g/mol. The van der Waals surface area contributed by atoms with Crippen molar-refractivity contribution >= 4 is 11.5 Å². The summed E-state index contributed by atoms with van der Waals surface area (Å²) in [5, 5.41) is 13.9. The smallest absolute Gasteiger partial charge is 0.160 e. The maximum atomic E-state index is 9.21. The molecular formula is C16H21N5. The highest BCUT2D eigenvalue weighted by Crippen LogP contribution is 2.26. The Morgan fingerprint density at radius 2 is 2.24 bits per heavy atom. The molecule has 1 fully saturated rings. The fourth-order valence-electron chi connectivity index (χ4n) is 2.96. The average molecular weight is 283 g/mol. The molecule has 0 spiro atoms. The van der Waals surface area contributed by atoms with Crippen LogP contribution in [0.4, 0.5) is 5.82 Å². The van der Waals surface area contributed by atoms with E-state index in [1.807, 2.05) is 11.4 Å². The first-order valence-corrected chi connectivity index (χ1v) is 7.64. The number of anilines is 1. The quantitative estimate of drug-likeness (QED) is 0.850. The summed E-state index contributed by atoms with van der Waals surface area (Å²) in [6.07, 6.45) is 2.96. The molecule has 0 aromatic carbocycles. The second-order valence-corrected chi connectivity index (χ2v) is 5.82. The van der Waals surface area contributed by atoms with Gasteiger partial charge in [-0.1, -0.05) is 6.92 Å². The molecule has 0 N–H and O–H groups in total. The highest BCUT2D eigenvalue weighted by Gasteiger charge is 2.23. The number of aromatic nitrogens is 3. The Bertz CT molecular complexity index is 710. The molecule has 0 unspecified atom stereocenters. The summed E-state index contributed by atoms with van der Waals surface area (Å²) in [5.41, 5.74) is 4.19. The Labute approximate surface area is 125 Å². The molecule has 1 atom stereocenters. The van der Waals surface area contributed by atoms with Crippen LogP contribution in [0.3, 0.4) is 0 Å². The van der Waals surface area contributed by atoms with Crippen molar-refractivity contribution in [3.8, 4) is 6.07 Å². The van der Waals surface area contributed by atoms with Crippen LogP contribution in [0.5, 0.6) is 0 Å². The summed E-state index contributed by atoms with van der Waals surface area (Å²) in [5.74, 6) is 1.19. The minimum absolute atomic E-state index is 0.116. The maximum Gasteiger partial charge on any atom is 0.160 e. The Balaban J connectivity index is 2.12. The van der Waals surface area contributed by atoms with E-state index in [-0.39, 0.29) is 5.92 Å². The Kier molecular flexibility index (Phi) is 3.54. The minimum atomic E-state index is 0.116. The van der Waals surface area contributed by atoms with Gasteiger partial charge in [0.25, 0.3) is 0 Å². The molecule has 110 valence electrons. The topological polar surface area (TPSA) is 57.2 Å². The molecule has 1 aliphatic heterocycles. The molecule has 1 saturated heterocycles. The monoisotopic (exact) mass is 283 g/mol. The van der Waals surface area contributed by atoms with E-state index >= 15 is 0 Å². The van der Waals surface area contributed by atoms with Crippen molar-refractivity contribution in [2.24, 2.45) is 5.92 Å². The van der Waals surface area contributed by atoms with Gasteiger partial charge < -0.3 is 4.90 Å². The van der Waals surface area contributed by atoms with Crippen LogP contribution in [0, 0.1) is 31.1 Å². The fraction of sp³-hybridized carbons (Fsp3) is 0.562. The number of piperidine rings is 1. The summed E-state index contributed by atoms with van der Waals surface area (Å²) in [6, 6.07) is 4.53. The van der Waals surface area contributed by atoms with Gasteiger partial charge in [-0.25, -0.2) is 4.98 Å². The number of nitriles is 1. The number of nitrogens with zero attached hydrogens (tertiary/aromatic N) is 5. The first-order chi connectivity index (χ1) is 10.1. The molecule has 21 heavy (non-hydrogen) atoms. The molecule has 0 bridgehead atoms. The van der Waals surface area contributed by atoms with E-state index in [1.54, 1.807) is 0 Å². The lowest BCUT2D eigenvalue weighted by atomic mass is 10.00. The van der Waals surface area contributed by atoms with Crippen LogP contribution < -0.4 is 4.90 Å². The highest BCUT2D eigenvalue weighted by molar-refractivity contribution is 5.57. The van der Waals surface area contributed by atoms with Crippen LogP contribution in [-0.2, 0) is 6.42 Å². The van der Waals surface area contributed by atoms with E-state index in [0.29, 0.717) is 0 Å². The van der Waals surface area contributed by atoms with Crippen LogP contribution >= 0.6 is 0 Å². The van der Waals surface area contributed by atoms with Crippen molar-refractivity contribution in [1.82, 2.24) is 14.6 Å². The van der Waals surface area contributed by atoms with Crippen LogP contribution in [-0.4, -0.2) is 27.7 Å². The van der Waals surface area contributed by atoms with Crippen LogP contribution in [0.2, 0.25) is 0 Å². The van der Waals surface area contributed by atoms with Gasteiger partial charge in [-0.3, -0.25) is 0 Å². The second kappa shape index (κ2) is 5.36. The summed E-state index contributed by atoms with van der Waals surface area (Å²) < 4.78 is 1.95. The second-order valence-electron chi connectivity index (χ2n) is 5.82. The van der Waals surface area contributed by atoms with Gasteiger partial charge in [-0.2, -0.15) is 14.9 Å². The number of fused-ring (bicyclic) bond motifs is 1. The van der Waals surface area contributed by atoms with Crippen LogP contribution in [0.25, 0.3) is 5.65 Å². The van der Waals surface area contributed by atoms with Crippen LogP contribution in [0.15, 0.2) is 6.07 Å². The van der Waals surface area contributed by atoms with Crippen molar-refractivity contribution in [2.75, 3.05) is 18.0 Å². The molecule has 0 amide bonds. The van der Waals surface area contributed by atoms with Gasteiger partial charge >= 0.3 is 0 Å². The Hall–Kier alpha value is -2.09. The molecule has 5 heteroatoms. The lowest BCUT2D eigenvalue weighted by molar-refractivity contribution is 0.487. The molecule has 3 rings (SSSR count). The van der Waals surface area contributed by atoms with E-state index < -0.39 is 0 Å². The molecule has 3 heterocycles. The third-order valence-electron chi connectivity index (χ3n) is 4.38. The van der Waals surface area contributed by atoms with Crippen molar-refractivity contribution in [3.05, 3.63) is 23.0 Å². The van der Waals surface area contributed by atoms with Crippen molar-refractivity contribution in [3.63, 3.8) is 0 Å². The van der Waals surface area contributed by atoms with Gasteiger partial charge in [-0.05, 0) is 33.1 Å². The number of aryl methyl sites for hydroxylation is 3. The zero-order valence-electron chi connectivity index (χ0n) is 12.9. The SMILES string of the molecule is CCc1cc(N2CCC[C@@H](C#N)C2)n2nc(C)c(C)c2n1. The molecule has 5 nitrogen and oxygen atoms in total. The standard InChI is InChI=1S/C16H21N5/c1-4-14-8-15(20-7-5-6-13(9-17)10-20)21-16(18-14)11(2)12(3)19-21/h8,13H,4-7,10H2,1-3H3/t13-/m0/s1. The Morgan fingerprint density at radius 3 is 2.95 bits per heavy atom. The lowest BCUT2D eigenvalue weighted by Crippen LogP contribution is -2.36. The van der Waals surface area contributed by atoms with Gasteiger partial charge in [0, 0.05) is 30.4 Å². The number of hydrogen-bond donors (Lipinski definition) is 0. The summed E-state index contributed by atoms with van der Waals surface area (Å²) in [7, 11) is 0. The lowest BCUT2D eigenvalue weighted by Gasteiger charge is -2.31. The van der Waals surface area contributed by atoms with Crippen LogP contribution in [0.1, 0.15) is 36.7 Å². The number of hydrogen-bond acceptors (Lipinski definition) is 4. The summed E-state index contributed by atoms with van der Waals surface area (Å²) >= 11 is 0. The van der Waals surface area contributed by atoms with Crippen molar-refractivity contribution < 1.29 is 0 Å². The molecule has 1 aliphatic rings. The third kappa shape index (κ3) is 2.35.